The molecule has 0 bridgehead atoms. The van der Waals surface area contributed by atoms with E-state index in [1.807, 2.05) is 48.8 Å². The predicted molar refractivity (Wildman–Crippen MR) is 83.4 cm³/mol. The highest BCUT2D eigenvalue weighted by molar-refractivity contribution is 5.75. The van der Waals surface area contributed by atoms with Crippen molar-refractivity contribution in [2.45, 2.75) is 0 Å². The number of benzene rings is 2. The van der Waals surface area contributed by atoms with Gasteiger partial charge in [-0.1, -0.05) is 12.1 Å². The summed E-state index contributed by atoms with van der Waals surface area (Å²) in [6.45, 7) is 0.803. The molecule has 0 saturated carbocycles. The van der Waals surface area contributed by atoms with Gasteiger partial charge in [-0.15, -0.1) is 0 Å². The number of hydrogen-bond acceptors (Lipinski definition) is 5. The van der Waals surface area contributed by atoms with Crippen molar-refractivity contribution in [3.8, 4) is 0 Å². The lowest BCUT2D eigenvalue weighted by atomic mass is 10.2. The van der Waals surface area contributed by atoms with E-state index in [1.54, 1.807) is 0 Å². The maximum absolute atomic E-state index is 5.65. The van der Waals surface area contributed by atoms with Crippen molar-refractivity contribution < 1.29 is 4.42 Å². The molecular formula is C16H14N4O. The van der Waals surface area contributed by atoms with Crippen molar-refractivity contribution in [2.75, 3.05) is 16.9 Å². The Morgan fingerprint density at radius 2 is 1.95 bits per heavy atom. The van der Waals surface area contributed by atoms with Crippen LogP contribution in [0.2, 0.25) is 0 Å². The van der Waals surface area contributed by atoms with E-state index in [0.717, 1.165) is 29.1 Å². The van der Waals surface area contributed by atoms with E-state index in [2.05, 4.69) is 32.7 Å². The smallest absolute Gasteiger partial charge is 0.300 e. The molecule has 0 amide bonds. The Labute approximate surface area is 121 Å². The van der Waals surface area contributed by atoms with Gasteiger partial charge < -0.3 is 20.0 Å². The number of rotatable bonds is 3. The minimum atomic E-state index is 0.506. The van der Waals surface area contributed by atoms with Crippen LogP contribution in [0.15, 0.2) is 65.3 Å². The third-order valence-corrected chi connectivity index (χ3v) is 3.38. The summed E-state index contributed by atoms with van der Waals surface area (Å²) in [6.07, 6.45) is 3.95. The minimum absolute atomic E-state index is 0.506. The summed E-state index contributed by atoms with van der Waals surface area (Å²) in [5.41, 5.74) is 3.72. The van der Waals surface area contributed by atoms with Crippen LogP contribution in [-0.4, -0.2) is 11.7 Å². The Hall–Kier alpha value is -2.95. The van der Waals surface area contributed by atoms with Crippen molar-refractivity contribution in [3.05, 3.63) is 60.9 Å². The highest BCUT2D eigenvalue weighted by Crippen LogP contribution is 2.24. The quantitative estimate of drug-likeness (QED) is 0.769. The largest absolute Gasteiger partial charge is 0.423 e. The van der Waals surface area contributed by atoms with Crippen LogP contribution in [0.1, 0.15) is 0 Å². The normalized spacial score (nSPS) is 13.6. The molecular weight excluding hydrogens is 264 g/mol. The number of aromatic nitrogens is 1. The number of hydrogen-bond donors (Lipinski definition) is 2. The van der Waals surface area contributed by atoms with Gasteiger partial charge in [0.2, 0.25) is 0 Å². The predicted octanol–water partition coefficient (Wildman–Crippen LogP) is 3.41. The van der Waals surface area contributed by atoms with Crippen LogP contribution in [-0.2, 0) is 0 Å². The fourth-order valence-electron chi connectivity index (χ4n) is 2.31. The molecule has 0 fully saturated rings. The SMILES string of the molecule is C1=CN(c2ccc(Nc3nc4ccccc4o3)cc2)CN1. The van der Waals surface area contributed by atoms with Gasteiger partial charge in [0.25, 0.3) is 6.01 Å². The fraction of sp³-hybridized carbons (Fsp3) is 0.0625. The molecule has 0 radical (unpaired) electrons. The highest BCUT2D eigenvalue weighted by Gasteiger charge is 2.07. The third-order valence-electron chi connectivity index (χ3n) is 3.38. The second kappa shape index (κ2) is 4.86. The van der Waals surface area contributed by atoms with Gasteiger partial charge in [0.05, 0.1) is 6.67 Å². The summed E-state index contributed by atoms with van der Waals surface area (Å²) in [5, 5.41) is 6.33. The summed E-state index contributed by atoms with van der Waals surface area (Å²) in [6, 6.07) is 16.4. The molecule has 0 saturated heterocycles. The summed E-state index contributed by atoms with van der Waals surface area (Å²) in [7, 11) is 0. The zero-order valence-corrected chi connectivity index (χ0v) is 11.3. The van der Waals surface area contributed by atoms with Crippen molar-refractivity contribution in [1.29, 1.82) is 0 Å². The third kappa shape index (κ3) is 2.29. The summed E-state index contributed by atoms with van der Waals surface area (Å²) >= 11 is 0. The molecule has 0 atom stereocenters. The Morgan fingerprint density at radius 3 is 2.71 bits per heavy atom. The molecule has 2 N–H and O–H groups in total. The second-order valence-electron chi connectivity index (χ2n) is 4.81. The molecule has 2 aromatic carbocycles. The first-order valence-corrected chi connectivity index (χ1v) is 6.78. The molecule has 21 heavy (non-hydrogen) atoms. The van der Waals surface area contributed by atoms with Crippen molar-refractivity contribution in [2.24, 2.45) is 0 Å². The van der Waals surface area contributed by atoms with Crippen molar-refractivity contribution in [1.82, 2.24) is 10.3 Å². The molecule has 5 nitrogen and oxygen atoms in total. The van der Waals surface area contributed by atoms with Crippen LogP contribution in [0, 0.1) is 0 Å². The van der Waals surface area contributed by atoms with Crippen LogP contribution in [0.3, 0.4) is 0 Å². The van der Waals surface area contributed by atoms with Gasteiger partial charge in [0, 0.05) is 23.8 Å². The summed E-state index contributed by atoms with van der Waals surface area (Å²) in [5.74, 6) is 0. The first-order chi connectivity index (χ1) is 10.4. The molecule has 104 valence electrons. The fourth-order valence-corrected chi connectivity index (χ4v) is 2.31. The van der Waals surface area contributed by atoms with E-state index < -0.39 is 0 Å². The number of anilines is 3. The average molecular weight is 278 g/mol. The van der Waals surface area contributed by atoms with Gasteiger partial charge in [-0.05, 0) is 36.4 Å². The zero-order valence-electron chi connectivity index (χ0n) is 11.3. The van der Waals surface area contributed by atoms with E-state index in [0.29, 0.717) is 6.01 Å². The topological polar surface area (TPSA) is 53.3 Å². The Kier molecular flexibility index (Phi) is 2.74. The first kappa shape index (κ1) is 11.8. The summed E-state index contributed by atoms with van der Waals surface area (Å²) in [4.78, 5) is 6.53. The van der Waals surface area contributed by atoms with Crippen LogP contribution in [0.25, 0.3) is 11.1 Å². The molecule has 0 unspecified atom stereocenters. The number of nitrogens with zero attached hydrogens (tertiary/aromatic N) is 2. The monoisotopic (exact) mass is 278 g/mol. The molecule has 0 spiro atoms. The van der Waals surface area contributed by atoms with E-state index in [4.69, 9.17) is 4.42 Å². The molecule has 1 aromatic heterocycles. The van der Waals surface area contributed by atoms with E-state index in [1.165, 1.54) is 0 Å². The molecule has 4 rings (SSSR count). The van der Waals surface area contributed by atoms with Crippen LogP contribution >= 0.6 is 0 Å². The second-order valence-corrected chi connectivity index (χ2v) is 4.81. The number of para-hydroxylation sites is 2. The lowest BCUT2D eigenvalue weighted by Crippen LogP contribution is -2.19. The first-order valence-electron chi connectivity index (χ1n) is 6.78. The maximum atomic E-state index is 5.65. The molecule has 0 aliphatic carbocycles. The lowest BCUT2D eigenvalue weighted by Gasteiger charge is -2.15. The van der Waals surface area contributed by atoms with Crippen LogP contribution in [0.4, 0.5) is 17.4 Å². The van der Waals surface area contributed by atoms with Crippen molar-refractivity contribution >= 4 is 28.5 Å². The van der Waals surface area contributed by atoms with Crippen LogP contribution < -0.4 is 15.5 Å². The molecule has 3 aromatic rings. The van der Waals surface area contributed by atoms with Crippen LogP contribution in [0.5, 0.6) is 0 Å². The van der Waals surface area contributed by atoms with Crippen molar-refractivity contribution in [3.63, 3.8) is 0 Å². The number of nitrogens with one attached hydrogen (secondary N) is 2. The number of oxazole rings is 1. The maximum Gasteiger partial charge on any atom is 0.300 e. The highest BCUT2D eigenvalue weighted by atomic mass is 16.4. The summed E-state index contributed by atoms with van der Waals surface area (Å²) < 4.78 is 5.65. The van der Waals surface area contributed by atoms with Gasteiger partial charge >= 0.3 is 0 Å². The van der Waals surface area contributed by atoms with Gasteiger partial charge in [-0.3, -0.25) is 0 Å². The van der Waals surface area contributed by atoms with E-state index in [-0.39, 0.29) is 0 Å². The molecule has 1 aliphatic rings. The average Bonchev–Trinajstić information content (AvgIpc) is 3.17. The van der Waals surface area contributed by atoms with Gasteiger partial charge in [-0.2, -0.15) is 4.98 Å². The molecule has 1 aliphatic heterocycles. The van der Waals surface area contributed by atoms with Gasteiger partial charge in [0.15, 0.2) is 5.58 Å². The Bertz CT molecular complexity index is 758. The Morgan fingerprint density at radius 1 is 1.10 bits per heavy atom. The standard InChI is InChI=1S/C16H14N4O/c1-2-4-15-14(3-1)19-16(21-15)18-12-5-7-13(8-6-12)20-10-9-17-11-20/h1-10,17H,11H2,(H,18,19). The van der Waals surface area contributed by atoms with Gasteiger partial charge in [0.1, 0.15) is 5.52 Å². The molecule has 2 heterocycles. The minimum Gasteiger partial charge on any atom is -0.423 e. The van der Waals surface area contributed by atoms with Gasteiger partial charge in [-0.25, -0.2) is 0 Å². The zero-order chi connectivity index (χ0) is 14.1. The van der Waals surface area contributed by atoms with E-state index in [9.17, 15) is 0 Å². The van der Waals surface area contributed by atoms with E-state index >= 15 is 0 Å². The Balaban J connectivity index is 1.55. The molecule has 5 heteroatoms. The lowest BCUT2D eigenvalue weighted by molar-refractivity contribution is 0.623. The number of fused-ring (bicyclic) bond motifs is 1.